The maximum absolute atomic E-state index is 13.0. The van der Waals surface area contributed by atoms with Gasteiger partial charge in [-0.1, -0.05) is 32.9 Å². The fourth-order valence-corrected chi connectivity index (χ4v) is 5.18. The molecule has 1 aromatic carbocycles. The highest BCUT2D eigenvalue weighted by molar-refractivity contribution is 7.89. The Morgan fingerprint density at radius 2 is 1.67 bits per heavy atom. The number of aryl methyl sites for hydroxylation is 2. The normalized spacial score (nSPS) is 17.4. The third kappa shape index (κ3) is 4.43. The SMILES string of the molecule is Cc1cc(C)n(CC2CCN(S(=O)(=O)c3ccc(C(C)(C)C)cc3)CC2)n1. The highest BCUT2D eigenvalue weighted by Crippen LogP contribution is 2.27. The minimum absolute atomic E-state index is 0.0175. The molecule has 6 heteroatoms. The summed E-state index contributed by atoms with van der Waals surface area (Å²) in [6, 6.07) is 9.45. The summed E-state index contributed by atoms with van der Waals surface area (Å²) >= 11 is 0. The first-order chi connectivity index (χ1) is 12.6. The maximum Gasteiger partial charge on any atom is 0.243 e. The number of aromatic nitrogens is 2. The number of piperidine rings is 1. The molecule has 0 aliphatic carbocycles. The summed E-state index contributed by atoms with van der Waals surface area (Å²) in [5.41, 5.74) is 3.36. The molecule has 0 amide bonds. The number of sulfonamides is 1. The average molecular weight is 390 g/mol. The lowest BCUT2D eigenvalue weighted by molar-refractivity contribution is 0.246. The van der Waals surface area contributed by atoms with Gasteiger partial charge in [0.1, 0.15) is 0 Å². The van der Waals surface area contributed by atoms with E-state index < -0.39 is 10.0 Å². The topological polar surface area (TPSA) is 55.2 Å². The van der Waals surface area contributed by atoms with Crippen LogP contribution in [0.3, 0.4) is 0 Å². The molecule has 1 aromatic heterocycles. The van der Waals surface area contributed by atoms with E-state index in [1.807, 2.05) is 19.1 Å². The van der Waals surface area contributed by atoms with E-state index in [0.717, 1.165) is 30.6 Å². The predicted molar refractivity (Wildman–Crippen MR) is 108 cm³/mol. The van der Waals surface area contributed by atoms with Crippen LogP contribution in [0.4, 0.5) is 0 Å². The first-order valence-electron chi connectivity index (χ1n) is 9.69. The smallest absolute Gasteiger partial charge is 0.243 e. The molecule has 0 unspecified atom stereocenters. The van der Waals surface area contributed by atoms with Gasteiger partial charge in [0.25, 0.3) is 0 Å². The van der Waals surface area contributed by atoms with Crippen LogP contribution >= 0.6 is 0 Å². The first kappa shape index (κ1) is 20.1. The average Bonchev–Trinajstić information content (AvgIpc) is 2.92. The van der Waals surface area contributed by atoms with Crippen molar-refractivity contribution in [2.45, 2.75) is 64.3 Å². The number of rotatable bonds is 4. The number of hydrogen-bond donors (Lipinski definition) is 0. The molecule has 0 saturated carbocycles. The van der Waals surface area contributed by atoms with Crippen LogP contribution in [0, 0.1) is 19.8 Å². The van der Waals surface area contributed by atoms with Gasteiger partial charge in [-0.2, -0.15) is 9.40 Å². The first-order valence-corrected chi connectivity index (χ1v) is 11.1. The largest absolute Gasteiger partial charge is 0.269 e. The van der Waals surface area contributed by atoms with Crippen molar-refractivity contribution >= 4 is 10.0 Å². The number of hydrogen-bond acceptors (Lipinski definition) is 3. The zero-order valence-electron chi connectivity index (χ0n) is 17.1. The molecule has 5 nitrogen and oxygen atoms in total. The van der Waals surface area contributed by atoms with Crippen molar-refractivity contribution < 1.29 is 8.42 Å². The minimum atomic E-state index is -3.41. The summed E-state index contributed by atoms with van der Waals surface area (Å²) in [7, 11) is -3.41. The van der Waals surface area contributed by atoms with Crippen LogP contribution in [-0.2, 0) is 22.0 Å². The Morgan fingerprint density at radius 3 is 2.15 bits per heavy atom. The Balaban J connectivity index is 1.65. The van der Waals surface area contributed by atoms with Crippen molar-refractivity contribution in [3.8, 4) is 0 Å². The predicted octanol–water partition coefficient (Wildman–Crippen LogP) is 3.90. The molecule has 3 rings (SSSR count). The van der Waals surface area contributed by atoms with Crippen molar-refractivity contribution in [3.63, 3.8) is 0 Å². The molecular formula is C21H31N3O2S. The van der Waals surface area contributed by atoms with E-state index in [1.54, 1.807) is 16.4 Å². The maximum atomic E-state index is 13.0. The van der Waals surface area contributed by atoms with Crippen LogP contribution in [0.2, 0.25) is 0 Å². The van der Waals surface area contributed by atoms with Crippen LogP contribution < -0.4 is 0 Å². The van der Waals surface area contributed by atoms with Crippen LogP contribution in [-0.4, -0.2) is 35.6 Å². The Labute approximate surface area is 163 Å². The molecule has 0 spiro atoms. The Hall–Kier alpha value is -1.66. The van der Waals surface area contributed by atoms with Gasteiger partial charge < -0.3 is 0 Å². The summed E-state index contributed by atoms with van der Waals surface area (Å²) in [5, 5.41) is 4.53. The molecule has 0 N–H and O–H groups in total. The molecule has 0 bridgehead atoms. The molecule has 2 heterocycles. The van der Waals surface area contributed by atoms with Crippen LogP contribution in [0.5, 0.6) is 0 Å². The minimum Gasteiger partial charge on any atom is -0.269 e. The molecule has 27 heavy (non-hydrogen) atoms. The molecule has 1 aliphatic rings. The third-order valence-corrected chi connectivity index (χ3v) is 7.38. The second-order valence-electron chi connectivity index (χ2n) is 8.73. The molecule has 1 saturated heterocycles. The van der Waals surface area contributed by atoms with Gasteiger partial charge in [-0.3, -0.25) is 4.68 Å². The molecule has 2 aromatic rings. The molecular weight excluding hydrogens is 358 g/mol. The Kier molecular flexibility index (Phi) is 5.50. The standard InChI is InChI=1S/C21H31N3O2S/c1-16-14-17(2)24(22-16)15-18-10-12-23(13-11-18)27(25,26)20-8-6-19(7-9-20)21(3,4)5/h6-9,14,18H,10-13,15H2,1-5H3. The van der Waals surface area contributed by atoms with E-state index in [1.165, 1.54) is 5.69 Å². The summed E-state index contributed by atoms with van der Waals surface area (Å²) < 4.78 is 29.6. The lowest BCUT2D eigenvalue weighted by Crippen LogP contribution is -2.39. The Morgan fingerprint density at radius 1 is 1.07 bits per heavy atom. The van der Waals surface area contributed by atoms with E-state index in [2.05, 4.69) is 43.5 Å². The lowest BCUT2D eigenvalue weighted by Gasteiger charge is -2.31. The second kappa shape index (κ2) is 7.40. The van der Waals surface area contributed by atoms with Crippen LogP contribution in [0.15, 0.2) is 35.2 Å². The fraction of sp³-hybridized carbons (Fsp3) is 0.571. The van der Waals surface area contributed by atoms with E-state index in [-0.39, 0.29) is 5.41 Å². The number of benzene rings is 1. The van der Waals surface area contributed by atoms with Gasteiger partial charge in [0.05, 0.1) is 10.6 Å². The van der Waals surface area contributed by atoms with Gasteiger partial charge in [-0.15, -0.1) is 0 Å². The second-order valence-corrected chi connectivity index (χ2v) is 10.7. The summed E-state index contributed by atoms with van der Waals surface area (Å²) in [6.07, 6.45) is 1.75. The zero-order valence-corrected chi connectivity index (χ0v) is 17.9. The van der Waals surface area contributed by atoms with Crippen molar-refractivity contribution in [2.24, 2.45) is 5.92 Å². The summed E-state index contributed by atoms with van der Waals surface area (Å²) in [6.45, 7) is 12.5. The molecule has 0 atom stereocenters. The van der Waals surface area contributed by atoms with Gasteiger partial charge in [-0.05, 0) is 61.8 Å². The van der Waals surface area contributed by atoms with Crippen LogP contribution in [0.1, 0.15) is 50.6 Å². The van der Waals surface area contributed by atoms with Crippen LogP contribution in [0.25, 0.3) is 0 Å². The van der Waals surface area contributed by atoms with E-state index in [9.17, 15) is 8.42 Å². The lowest BCUT2D eigenvalue weighted by atomic mass is 9.87. The van der Waals surface area contributed by atoms with Gasteiger partial charge in [0, 0.05) is 25.3 Å². The van der Waals surface area contributed by atoms with E-state index >= 15 is 0 Å². The highest BCUT2D eigenvalue weighted by atomic mass is 32.2. The van der Waals surface area contributed by atoms with E-state index in [0.29, 0.717) is 23.9 Å². The van der Waals surface area contributed by atoms with Gasteiger partial charge in [0.2, 0.25) is 10.0 Å². The van der Waals surface area contributed by atoms with Crippen molar-refractivity contribution in [1.29, 1.82) is 0 Å². The van der Waals surface area contributed by atoms with Crippen molar-refractivity contribution in [3.05, 3.63) is 47.3 Å². The summed E-state index contributed by atoms with van der Waals surface area (Å²) in [4.78, 5) is 0.396. The summed E-state index contributed by atoms with van der Waals surface area (Å²) in [5.74, 6) is 0.470. The molecule has 148 valence electrons. The number of nitrogens with zero attached hydrogens (tertiary/aromatic N) is 3. The van der Waals surface area contributed by atoms with Gasteiger partial charge in [0.15, 0.2) is 0 Å². The zero-order chi connectivity index (χ0) is 19.8. The molecule has 0 radical (unpaired) electrons. The quantitative estimate of drug-likeness (QED) is 0.797. The molecule has 1 fully saturated rings. The van der Waals surface area contributed by atoms with Gasteiger partial charge >= 0.3 is 0 Å². The third-order valence-electron chi connectivity index (χ3n) is 5.47. The van der Waals surface area contributed by atoms with E-state index in [4.69, 9.17) is 0 Å². The van der Waals surface area contributed by atoms with Crippen molar-refractivity contribution in [1.82, 2.24) is 14.1 Å². The van der Waals surface area contributed by atoms with Crippen molar-refractivity contribution in [2.75, 3.05) is 13.1 Å². The fourth-order valence-electron chi connectivity index (χ4n) is 3.71. The Bertz CT molecular complexity index is 884. The monoisotopic (exact) mass is 389 g/mol. The van der Waals surface area contributed by atoms with Gasteiger partial charge in [-0.25, -0.2) is 8.42 Å². The molecule has 1 aliphatic heterocycles. The highest BCUT2D eigenvalue weighted by Gasteiger charge is 2.30.